The van der Waals surface area contributed by atoms with Gasteiger partial charge in [0.25, 0.3) is 5.91 Å². The number of carbonyl (C=O) groups is 3. The smallest absolute Gasteiger partial charge is 0.333 e. The van der Waals surface area contributed by atoms with Gasteiger partial charge < -0.3 is 19.7 Å². The molecule has 36 heavy (non-hydrogen) atoms. The molecule has 2 saturated heterocycles. The third-order valence-electron chi connectivity index (χ3n) is 6.83. The number of likely N-dealkylation sites (tertiary alicyclic amines) is 1. The van der Waals surface area contributed by atoms with Gasteiger partial charge in [0.15, 0.2) is 11.7 Å². The molecule has 2 aliphatic rings. The van der Waals surface area contributed by atoms with Crippen LogP contribution in [-0.2, 0) is 19.1 Å². The van der Waals surface area contributed by atoms with E-state index in [9.17, 15) is 18.8 Å². The number of piperidine rings is 1. The number of H-pyrrole nitrogens is 1. The van der Waals surface area contributed by atoms with Crippen molar-refractivity contribution in [2.45, 2.75) is 31.0 Å². The van der Waals surface area contributed by atoms with Gasteiger partial charge in [0.2, 0.25) is 5.91 Å². The lowest BCUT2D eigenvalue weighted by Gasteiger charge is -2.40. The Hall–Kier alpha value is -3.50. The third kappa shape index (κ3) is 4.42. The summed E-state index contributed by atoms with van der Waals surface area (Å²) < 4.78 is 24.1. The second-order valence-electron chi connectivity index (χ2n) is 8.86. The molecule has 2 aromatic carbocycles. The quantitative estimate of drug-likeness (QED) is 0.506. The minimum atomic E-state index is -1.09. The average Bonchev–Trinajstić information content (AvgIpc) is 3.53. The molecular formula is C25H24ClFN4O5. The highest BCUT2D eigenvalue weighted by Crippen LogP contribution is 2.35. The number of nitrogens with one attached hydrogen (secondary N) is 2. The Balaban J connectivity index is 1.34. The topological polar surface area (TPSA) is 114 Å². The Labute approximate surface area is 210 Å². The molecule has 0 bridgehead atoms. The maximum atomic E-state index is 13.5. The van der Waals surface area contributed by atoms with Crippen LogP contribution in [0.3, 0.4) is 0 Å². The van der Waals surface area contributed by atoms with E-state index in [0.717, 1.165) is 0 Å². The number of carbonyl (C=O) groups excluding carboxylic acids is 3. The highest BCUT2D eigenvalue weighted by molar-refractivity contribution is 6.31. The van der Waals surface area contributed by atoms with Crippen LogP contribution in [0.5, 0.6) is 0 Å². The number of amides is 2. The zero-order valence-electron chi connectivity index (χ0n) is 19.4. The molecule has 3 heterocycles. The molecule has 0 radical (unpaired) electrons. The Bertz CT molecular complexity index is 1310. The fourth-order valence-electron chi connectivity index (χ4n) is 5.05. The van der Waals surface area contributed by atoms with Crippen molar-refractivity contribution in [2.24, 2.45) is 5.92 Å². The van der Waals surface area contributed by atoms with Gasteiger partial charge in [-0.1, -0.05) is 23.7 Å². The fraction of sp³-hybridized carbons (Fsp3) is 0.360. The molecule has 0 saturated carbocycles. The van der Waals surface area contributed by atoms with Crippen LogP contribution in [0, 0.1) is 11.7 Å². The maximum absolute atomic E-state index is 13.5. The molecule has 2 fully saturated rings. The van der Waals surface area contributed by atoms with Crippen molar-refractivity contribution in [3.63, 3.8) is 0 Å². The van der Waals surface area contributed by atoms with Gasteiger partial charge in [-0.15, -0.1) is 0 Å². The van der Waals surface area contributed by atoms with Crippen molar-refractivity contribution in [2.75, 3.05) is 20.3 Å². The van der Waals surface area contributed by atoms with Gasteiger partial charge in [0.1, 0.15) is 5.82 Å². The lowest BCUT2D eigenvalue weighted by molar-refractivity contribution is -0.147. The van der Waals surface area contributed by atoms with Crippen LogP contribution in [0.4, 0.5) is 4.39 Å². The van der Waals surface area contributed by atoms with Crippen LogP contribution in [0.2, 0.25) is 5.02 Å². The molecule has 2 N–H and O–H groups in total. The number of esters is 1. The van der Waals surface area contributed by atoms with Crippen molar-refractivity contribution in [1.82, 2.24) is 20.4 Å². The first-order valence-electron chi connectivity index (χ1n) is 11.6. The van der Waals surface area contributed by atoms with Gasteiger partial charge in [-0.25, -0.2) is 9.18 Å². The third-order valence-corrected chi connectivity index (χ3v) is 7.07. The van der Waals surface area contributed by atoms with Crippen molar-refractivity contribution >= 4 is 40.3 Å². The Morgan fingerprint density at radius 3 is 2.75 bits per heavy atom. The molecular weight excluding hydrogens is 491 g/mol. The van der Waals surface area contributed by atoms with Gasteiger partial charge in [-0.05, 0) is 48.7 Å². The summed E-state index contributed by atoms with van der Waals surface area (Å²) >= 11 is 6.04. The standard InChI is InChI=1S/C25H24ClFN4O5/c1-35-25(34)20(13-2-5-15(27)6-3-13)28-23(32)17-8-10-31(19-9-11-36-22(17)19)24(33)21-16-7-4-14(26)12-18(16)29-30-21/h2-7,12,17,19-20,22H,8-11H2,1H3,(H,28,32)(H,29,30)/t17-,19+,20?,22-/m0/s1. The zero-order valence-corrected chi connectivity index (χ0v) is 20.1. The van der Waals surface area contributed by atoms with Gasteiger partial charge in [0.05, 0.1) is 30.7 Å². The summed E-state index contributed by atoms with van der Waals surface area (Å²) in [5.41, 5.74) is 1.35. The summed E-state index contributed by atoms with van der Waals surface area (Å²) in [5.74, 6) is -2.35. The second kappa shape index (κ2) is 9.87. The summed E-state index contributed by atoms with van der Waals surface area (Å²) in [6.07, 6.45) is 0.380. The largest absolute Gasteiger partial charge is 0.467 e. The number of hydrogen-bond acceptors (Lipinski definition) is 6. The van der Waals surface area contributed by atoms with Crippen LogP contribution in [-0.4, -0.2) is 65.3 Å². The SMILES string of the molecule is COC(=O)C(NC(=O)[C@H]1CCN(C(=O)c2n[nH]c3cc(Cl)ccc23)[C@@H]2CCO[C@@H]12)c1ccc(F)cc1. The number of rotatable bonds is 5. The Morgan fingerprint density at radius 1 is 1.22 bits per heavy atom. The summed E-state index contributed by atoms with van der Waals surface area (Å²) in [5, 5.41) is 11.0. The van der Waals surface area contributed by atoms with Crippen LogP contribution < -0.4 is 5.32 Å². The highest BCUT2D eigenvalue weighted by atomic mass is 35.5. The van der Waals surface area contributed by atoms with Gasteiger partial charge in [0, 0.05) is 23.6 Å². The van der Waals surface area contributed by atoms with E-state index in [4.69, 9.17) is 21.1 Å². The number of nitrogens with zero attached hydrogens (tertiary/aromatic N) is 2. The van der Waals surface area contributed by atoms with Crippen molar-refractivity contribution in [3.05, 3.63) is 64.6 Å². The highest BCUT2D eigenvalue weighted by Gasteiger charge is 2.48. The Morgan fingerprint density at radius 2 is 2.00 bits per heavy atom. The van der Waals surface area contributed by atoms with E-state index in [2.05, 4.69) is 15.5 Å². The first-order chi connectivity index (χ1) is 17.4. The predicted molar refractivity (Wildman–Crippen MR) is 128 cm³/mol. The van der Waals surface area contributed by atoms with E-state index in [1.165, 1.54) is 31.4 Å². The average molecular weight is 515 g/mol. The predicted octanol–water partition coefficient (Wildman–Crippen LogP) is 3.01. The monoisotopic (exact) mass is 514 g/mol. The number of halogens is 2. The molecule has 1 aromatic heterocycles. The van der Waals surface area contributed by atoms with E-state index in [1.54, 1.807) is 23.1 Å². The molecule has 0 aliphatic carbocycles. The van der Waals surface area contributed by atoms with Crippen molar-refractivity contribution in [3.8, 4) is 0 Å². The second-order valence-corrected chi connectivity index (χ2v) is 9.30. The summed E-state index contributed by atoms with van der Waals surface area (Å²) in [6.45, 7) is 0.723. The van der Waals surface area contributed by atoms with Crippen LogP contribution >= 0.6 is 11.6 Å². The summed E-state index contributed by atoms with van der Waals surface area (Å²) in [4.78, 5) is 40.9. The zero-order chi connectivity index (χ0) is 25.4. The number of aromatic amines is 1. The lowest BCUT2D eigenvalue weighted by atomic mass is 9.86. The number of methoxy groups -OCH3 is 1. The minimum Gasteiger partial charge on any atom is -0.467 e. The van der Waals surface area contributed by atoms with Gasteiger partial charge >= 0.3 is 5.97 Å². The molecule has 2 amide bonds. The van der Waals surface area contributed by atoms with E-state index >= 15 is 0 Å². The molecule has 2 aliphatic heterocycles. The van der Waals surface area contributed by atoms with Crippen LogP contribution in [0.15, 0.2) is 42.5 Å². The molecule has 188 valence electrons. The molecule has 4 atom stereocenters. The normalized spacial score (nSPS) is 22.2. The number of benzene rings is 2. The number of aromatic nitrogens is 2. The molecule has 11 heteroatoms. The lowest BCUT2D eigenvalue weighted by Crippen LogP contribution is -2.56. The van der Waals surface area contributed by atoms with E-state index in [1.807, 2.05) is 0 Å². The maximum Gasteiger partial charge on any atom is 0.333 e. The summed E-state index contributed by atoms with van der Waals surface area (Å²) in [6, 6.07) is 9.02. The summed E-state index contributed by atoms with van der Waals surface area (Å²) in [7, 11) is 1.22. The molecule has 3 aromatic rings. The fourth-order valence-corrected chi connectivity index (χ4v) is 5.22. The van der Waals surface area contributed by atoms with Crippen molar-refractivity contribution in [1.29, 1.82) is 0 Å². The molecule has 5 rings (SSSR count). The number of hydrogen-bond donors (Lipinski definition) is 2. The van der Waals surface area contributed by atoms with Crippen LogP contribution in [0.25, 0.3) is 10.9 Å². The molecule has 9 nitrogen and oxygen atoms in total. The van der Waals surface area contributed by atoms with E-state index in [0.29, 0.717) is 47.5 Å². The Kier molecular flexibility index (Phi) is 6.63. The molecule has 1 unspecified atom stereocenters. The van der Waals surface area contributed by atoms with Crippen LogP contribution in [0.1, 0.15) is 34.9 Å². The minimum absolute atomic E-state index is 0.248. The van der Waals surface area contributed by atoms with Crippen molar-refractivity contribution < 1.29 is 28.2 Å². The van der Waals surface area contributed by atoms with E-state index in [-0.39, 0.29) is 17.6 Å². The number of ether oxygens (including phenoxy) is 2. The van der Waals surface area contributed by atoms with E-state index < -0.39 is 35.8 Å². The molecule has 0 spiro atoms. The number of fused-ring (bicyclic) bond motifs is 2. The van der Waals surface area contributed by atoms with Gasteiger partial charge in [-0.2, -0.15) is 5.10 Å². The first-order valence-corrected chi connectivity index (χ1v) is 11.9. The van der Waals surface area contributed by atoms with Gasteiger partial charge in [-0.3, -0.25) is 14.7 Å². The first kappa shape index (κ1) is 24.2.